The Kier molecular flexibility index (Phi) is 8.62. The number of carbonyl (C=O) groups is 2. The van der Waals surface area contributed by atoms with Crippen LogP contribution in [0, 0.1) is 11.3 Å². The molecule has 10 heteroatoms. The normalized spacial score (nSPS) is 14.5. The number of nitrogens with zero attached hydrogens (tertiary/aromatic N) is 2. The fraction of sp³-hybridized carbons (Fsp3) is 0.375. The maximum Gasteiger partial charge on any atom is 0.342 e. The Labute approximate surface area is 199 Å². The van der Waals surface area contributed by atoms with Crippen LogP contribution in [0.2, 0.25) is 0 Å². The summed E-state index contributed by atoms with van der Waals surface area (Å²) in [4.78, 5) is 24.9. The second-order valence-electron chi connectivity index (χ2n) is 7.84. The molecule has 9 nitrogen and oxygen atoms in total. The van der Waals surface area contributed by atoms with Crippen LogP contribution in [0.1, 0.15) is 41.6 Å². The Morgan fingerprint density at radius 2 is 1.74 bits per heavy atom. The summed E-state index contributed by atoms with van der Waals surface area (Å²) in [5.74, 6) is -1.29. The molecule has 180 valence electrons. The van der Waals surface area contributed by atoms with E-state index >= 15 is 0 Å². The Morgan fingerprint density at radius 3 is 2.35 bits per heavy atom. The van der Waals surface area contributed by atoms with Gasteiger partial charge in [-0.05, 0) is 48.7 Å². The molecule has 0 atom stereocenters. The number of amides is 1. The van der Waals surface area contributed by atoms with Crippen LogP contribution in [0.25, 0.3) is 0 Å². The lowest BCUT2D eigenvalue weighted by molar-refractivity contribution is -0.119. The van der Waals surface area contributed by atoms with Crippen LogP contribution in [0.15, 0.2) is 47.4 Å². The number of carbonyl (C=O) groups excluding carboxylic acids is 2. The second-order valence-corrected chi connectivity index (χ2v) is 9.77. The average molecular weight is 486 g/mol. The quantitative estimate of drug-likeness (QED) is 0.569. The third-order valence-electron chi connectivity index (χ3n) is 5.45. The molecule has 0 radical (unpaired) electrons. The molecule has 1 fully saturated rings. The van der Waals surface area contributed by atoms with Crippen LogP contribution in [-0.4, -0.2) is 51.4 Å². The molecule has 0 aliphatic carbocycles. The van der Waals surface area contributed by atoms with Crippen molar-refractivity contribution in [1.82, 2.24) is 4.31 Å². The van der Waals surface area contributed by atoms with Gasteiger partial charge >= 0.3 is 5.97 Å². The zero-order valence-electron chi connectivity index (χ0n) is 19.0. The van der Waals surface area contributed by atoms with E-state index < -0.39 is 28.5 Å². The Balaban J connectivity index is 1.68. The molecule has 0 spiro atoms. The van der Waals surface area contributed by atoms with Gasteiger partial charge in [0.25, 0.3) is 5.91 Å². The Bertz CT molecular complexity index is 1160. The van der Waals surface area contributed by atoms with Gasteiger partial charge in [-0.2, -0.15) is 9.57 Å². The number of nitrogens with one attached hydrogen (secondary N) is 1. The number of nitriles is 1. The zero-order chi connectivity index (χ0) is 24.6. The van der Waals surface area contributed by atoms with Gasteiger partial charge in [-0.25, -0.2) is 13.2 Å². The SMILES string of the molecule is COc1ccc(S(=O)(=O)N2CCCCCC2)cc1C(=O)OCC(=O)Nc1ccc(CC#N)cc1. The smallest absolute Gasteiger partial charge is 0.342 e. The Hall–Kier alpha value is -3.42. The van der Waals surface area contributed by atoms with Crippen molar-refractivity contribution in [2.24, 2.45) is 0 Å². The first-order valence-corrected chi connectivity index (χ1v) is 12.4. The lowest BCUT2D eigenvalue weighted by Crippen LogP contribution is -2.32. The van der Waals surface area contributed by atoms with Gasteiger partial charge in [-0.15, -0.1) is 0 Å². The number of benzene rings is 2. The summed E-state index contributed by atoms with van der Waals surface area (Å²) in [6.07, 6.45) is 3.82. The van der Waals surface area contributed by atoms with Gasteiger partial charge in [0.05, 0.1) is 24.5 Å². The molecule has 0 unspecified atom stereocenters. The van der Waals surface area contributed by atoms with E-state index in [1.165, 1.54) is 29.6 Å². The summed E-state index contributed by atoms with van der Waals surface area (Å²) >= 11 is 0. The van der Waals surface area contributed by atoms with Crippen molar-refractivity contribution in [3.63, 3.8) is 0 Å². The molecular weight excluding hydrogens is 458 g/mol. The Morgan fingerprint density at radius 1 is 1.06 bits per heavy atom. The van der Waals surface area contributed by atoms with Crippen LogP contribution in [-0.2, 0) is 26.0 Å². The summed E-state index contributed by atoms with van der Waals surface area (Å²) in [7, 11) is -2.42. The van der Waals surface area contributed by atoms with E-state index in [9.17, 15) is 18.0 Å². The van der Waals surface area contributed by atoms with Gasteiger partial charge in [0.2, 0.25) is 10.0 Å². The summed E-state index contributed by atoms with van der Waals surface area (Å²) in [5, 5.41) is 11.3. The maximum atomic E-state index is 13.1. The van der Waals surface area contributed by atoms with E-state index in [0.29, 0.717) is 18.8 Å². The van der Waals surface area contributed by atoms with E-state index in [1.807, 2.05) is 6.07 Å². The van der Waals surface area contributed by atoms with Crippen molar-refractivity contribution in [3.05, 3.63) is 53.6 Å². The molecule has 0 saturated carbocycles. The first-order chi connectivity index (χ1) is 16.3. The molecule has 1 aliphatic rings. The number of hydrogen-bond acceptors (Lipinski definition) is 7. The standard InChI is InChI=1S/C24H27N3O6S/c1-32-22-11-10-20(34(30,31)27-14-4-2-3-5-15-27)16-21(22)24(29)33-17-23(28)26-19-8-6-18(7-9-19)12-13-25/h6-11,16H,2-5,12,14-15,17H2,1H3,(H,26,28). The third-order valence-corrected chi connectivity index (χ3v) is 7.34. The van der Waals surface area contributed by atoms with Crippen molar-refractivity contribution in [2.75, 3.05) is 32.1 Å². The molecule has 1 aliphatic heterocycles. The largest absolute Gasteiger partial charge is 0.496 e. The number of methoxy groups -OCH3 is 1. The van der Waals surface area contributed by atoms with E-state index in [1.54, 1.807) is 24.3 Å². The minimum absolute atomic E-state index is 0.0240. The predicted octanol–water partition coefficient (Wildman–Crippen LogP) is 3.12. The third kappa shape index (κ3) is 6.34. The van der Waals surface area contributed by atoms with Gasteiger partial charge in [-0.3, -0.25) is 4.79 Å². The highest BCUT2D eigenvalue weighted by Crippen LogP contribution is 2.26. The van der Waals surface area contributed by atoms with Crippen LogP contribution in [0.5, 0.6) is 5.75 Å². The highest BCUT2D eigenvalue weighted by atomic mass is 32.2. The molecule has 3 rings (SSSR count). The number of esters is 1. The van der Waals surface area contributed by atoms with Gasteiger partial charge in [-0.1, -0.05) is 25.0 Å². The minimum Gasteiger partial charge on any atom is -0.496 e. The highest BCUT2D eigenvalue weighted by molar-refractivity contribution is 7.89. The second kappa shape index (κ2) is 11.6. The van der Waals surface area contributed by atoms with Gasteiger partial charge < -0.3 is 14.8 Å². The van der Waals surface area contributed by atoms with Crippen molar-refractivity contribution < 1.29 is 27.5 Å². The lowest BCUT2D eigenvalue weighted by Gasteiger charge is -2.20. The van der Waals surface area contributed by atoms with Crippen molar-refractivity contribution in [3.8, 4) is 11.8 Å². The average Bonchev–Trinajstić information content (AvgIpc) is 3.14. The fourth-order valence-corrected chi connectivity index (χ4v) is 5.19. The first-order valence-electron chi connectivity index (χ1n) is 11.0. The van der Waals surface area contributed by atoms with Gasteiger partial charge in [0.1, 0.15) is 11.3 Å². The van der Waals surface area contributed by atoms with Crippen molar-refractivity contribution in [2.45, 2.75) is 37.0 Å². The molecule has 2 aromatic rings. The van der Waals surface area contributed by atoms with Crippen molar-refractivity contribution >= 4 is 27.6 Å². The number of sulfonamides is 1. The number of rotatable bonds is 8. The summed E-state index contributed by atoms with van der Waals surface area (Å²) in [6.45, 7) is 0.308. The molecule has 1 N–H and O–H groups in total. The first kappa shape index (κ1) is 25.2. The minimum atomic E-state index is -3.78. The molecule has 0 bridgehead atoms. The predicted molar refractivity (Wildman–Crippen MR) is 125 cm³/mol. The molecular formula is C24H27N3O6S. The summed E-state index contributed by atoms with van der Waals surface area (Å²) in [6, 6.07) is 12.8. The van der Waals surface area contributed by atoms with Crippen LogP contribution >= 0.6 is 0 Å². The molecule has 34 heavy (non-hydrogen) atoms. The maximum absolute atomic E-state index is 13.1. The number of hydrogen-bond donors (Lipinski definition) is 1. The van der Waals surface area contributed by atoms with Gasteiger partial charge in [0, 0.05) is 18.8 Å². The number of anilines is 1. The number of ether oxygens (including phenoxy) is 2. The van der Waals surface area contributed by atoms with Crippen LogP contribution < -0.4 is 10.1 Å². The molecule has 1 heterocycles. The molecule has 2 aromatic carbocycles. The summed E-state index contributed by atoms with van der Waals surface area (Å²) < 4.78 is 38.0. The monoisotopic (exact) mass is 485 g/mol. The van der Waals surface area contributed by atoms with E-state index in [0.717, 1.165) is 31.2 Å². The van der Waals surface area contributed by atoms with E-state index in [2.05, 4.69) is 5.32 Å². The van der Waals surface area contributed by atoms with E-state index in [-0.39, 0.29) is 22.6 Å². The zero-order valence-corrected chi connectivity index (χ0v) is 19.8. The highest BCUT2D eigenvalue weighted by Gasteiger charge is 2.27. The topological polar surface area (TPSA) is 126 Å². The molecule has 0 aromatic heterocycles. The van der Waals surface area contributed by atoms with Crippen LogP contribution in [0.3, 0.4) is 0 Å². The summed E-state index contributed by atoms with van der Waals surface area (Å²) in [5.41, 5.74) is 1.23. The van der Waals surface area contributed by atoms with Gasteiger partial charge in [0.15, 0.2) is 6.61 Å². The van der Waals surface area contributed by atoms with Crippen LogP contribution in [0.4, 0.5) is 5.69 Å². The fourth-order valence-electron chi connectivity index (χ4n) is 3.64. The van der Waals surface area contributed by atoms with Crippen molar-refractivity contribution in [1.29, 1.82) is 5.26 Å². The molecule has 1 amide bonds. The van der Waals surface area contributed by atoms with E-state index in [4.69, 9.17) is 14.7 Å². The molecule has 1 saturated heterocycles. The lowest BCUT2D eigenvalue weighted by atomic mass is 10.1.